The van der Waals surface area contributed by atoms with Gasteiger partial charge in [-0.25, -0.2) is 14.4 Å². The Morgan fingerprint density at radius 3 is 2.62 bits per heavy atom. The maximum absolute atomic E-state index is 13.7. The molecular weight excluding hydrogens is 367 g/mol. The number of hydrogen-bond donors (Lipinski definition) is 1. The fourth-order valence-corrected chi connectivity index (χ4v) is 3.70. The van der Waals surface area contributed by atoms with Crippen LogP contribution in [-0.4, -0.2) is 24.1 Å². The zero-order chi connectivity index (χ0) is 20.1. The molecule has 0 amide bonds. The van der Waals surface area contributed by atoms with Crippen molar-refractivity contribution in [2.45, 2.75) is 6.92 Å². The number of pyridine rings is 1. The highest BCUT2D eigenvalue weighted by molar-refractivity contribution is 6.04. The van der Waals surface area contributed by atoms with Gasteiger partial charge in [0, 0.05) is 12.4 Å². The highest BCUT2D eigenvalue weighted by atomic mass is 19.1. The first-order chi connectivity index (χ1) is 14.0. The van der Waals surface area contributed by atoms with Crippen molar-refractivity contribution in [3.8, 4) is 16.8 Å². The summed E-state index contributed by atoms with van der Waals surface area (Å²) in [4.78, 5) is 13.0. The third-order valence-electron chi connectivity index (χ3n) is 5.22. The van der Waals surface area contributed by atoms with Crippen molar-refractivity contribution < 1.29 is 4.39 Å². The number of rotatable bonds is 2. The molecule has 29 heavy (non-hydrogen) atoms. The summed E-state index contributed by atoms with van der Waals surface area (Å²) in [5, 5.41) is 9.55. The fraction of sp³-hybridized carbons (Fsp3) is 0.0909. The minimum atomic E-state index is -0.279. The number of halogens is 1. The number of nitrogens with zero attached hydrogens (tertiary/aromatic N) is 5. The van der Waals surface area contributed by atoms with E-state index in [0.717, 1.165) is 44.4 Å². The highest BCUT2D eigenvalue weighted by Gasteiger charge is 2.16. The molecule has 5 aromatic rings. The van der Waals surface area contributed by atoms with Crippen LogP contribution < -0.4 is 5.62 Å². The third-order valence-corrected chi connectivity index (χ3v) is 5.22. The molecule has 1 N–H and O–H groups in total. The van der Waals surface area contributed by atoms with Gasteiger partial charge < -0.3 is 4.57 Å². The van der Waals surface area contributed by atoms with Crippen molar-refractivity contribution in [2.75, 3.05) is 0 Å². The van der Waals surface area contributed by atoms with E-state index in [1.807, 2.05) is 42.8 Å². The summed E-state index contributed by atoms with van der Waals surface area (Å²) in [6.45, 7) is 1.89. The van der Waals surface area contributed by atoms with E-state index in [1.54, 1.807) is 23.0 Å². The van der Waals surface area contributed by atoms with Crippen LogP contribution in [0.1, 0.15) is 5.69 Å². The molecule has 0 fully saturated rings. The molecule has 142 valence electrons. The largest absolute Gasteiger partial charge is 0.312 e. The van der Waals surface area contributed by atoms with Crippen molar-refractivity contribution in [3.63, 3.8) is 0 Å². The van der Waals surface area contributed by atoms with Crippen LogP contribution in [0.3, 0.4) is 0 Å². The molecule has 0 radical (unpaired) electrons. The zero-order valence-corrected chi connectivity index (χ0v) is 15.9. The summed E-state index contributed by atoms with van der Waals surface area (Å²) in [5.41, 5.74) is 5.95. The molecule has 2 aromatic carbocycles. The summed E-state index contributed by atoms with van der Waals surface area (Å²) < 4.78 is 17.4. The number of nitrogens with one attached hydrogen (secondary N) is 1. The molecule has 0 bridgehead atoms. The van der Waals surface area contributed by atoms with Crippen LogP contribution in [0.2, 0.25) is 0 Å². The summed E-state index contributed by atoms with van der Waals surface area (Å²) >= 11 is 0. The Morgan fingerprint density at radius 2 is 1.83 bits per heavy atom. The standard InChI is InChI=1S/C22H17FN6/c1-13-19(10-25-12-27-13)29-21-17-9-15(14-4-3-5-16(23)8-14)6-7-18(17)26-11-20(21)28(2)22(29)24/h3-12,24H,1-2H3. The van der Waals surface area contributed by atoms with Crippen LogP contribution in [0.15, 0.2) is 61.2 Å². The Bertz CT molecular complexity index is 1460. The lowest BCUT2D eigenvalue weighted by Crippen LogP contribution is -2.22. The van der Waals surface area contributed by atoms with Crippen LogP contribution in [0.5, 0.6) is 0 Å². The van der Waals surface area contributed by atoms with Crippen molar-refractivity contribution >= 4 is 21.9 Å². The average molecular weight is 384 g/mol. The molecule has 0 spiro atoms. The number of aryl methyl sites for hydroxylation is 2. The first-order valence-electron chi connectivity index (χ1n) is 9.12. The molecule has 7 heteroatoms. The van der Waals surface area contributed by atoms with Crippen LogP contribution in [-0.2, 0) is 7.05 Å². The van der Waals surface area contributed by atoms with Gasteiger partial charge >= 0.3 is 0 Å². The van der Waals surface area contributed by atoms with Gasteiger partial charge in [0.15, 0.2) is 0 Å². The lowest BCUT2D eigenvalue weighted by molar-refractivity contribution is 0.628. The summed E-state index contributed by atoms with van der Waals surface area (Å²) in [7, 11) is 1.84. The minimum absolute atomic E-state index is 0.279. The van der Waals surface area contributed by atoms with E-state index in [1.165, 1.54) is 18.5 Å². The second kappa shape index (κ2) is 6.34. The molecular formula is C22H17FN6. The van der Waals surface area contributed by atoms with Crippen molar-refractivity contribution in [3.05, 3.63) is 78.3 Å². The van der Waals surface area contributed by atoms with Crippen LogP contribution in [0, 0.1) is 18.2 Å². The molecule has 5 rings (SSSR count). The molecule has 3 aromatic heterocycles. The summed E-state index contributed by atoms with van der Waals surface area (Å²) in [6, 6.07) is 12.4. The maximum atomic E-state index is 13.7. The number of hydrogen-bond acceptors (Lipinski definition) is 4. The maximum Gasteiger partial charge on any atom is 0.207 e. The number of imidazole rings is 1. The molecule has 0 aliphatic heterocycles. The Balaban J connectivity index is 1.91. The molecule has 0 saturated heterocycles. The van der Waals surface area contributed by atoms with Crippen molar-refractivity contribution in [1.29, 1.82) is 5.41 Å². The normalized spacial score (nSPS) is 11.4. The Morgan fingerprint density at radius 1 is 1.00 bits per heavy atom. The number of aromatic nitrogens is 5. The molecule has 0 aliphatic carbocycles. The van der Waals surface area contributed by atoms with E-state index in [4.69, 9.17) is 5.41 Å². The Kier molecular flexibility index (Phi) is 3.77. The molecule has 3 heterocycles. The van der Waals surface area contributed by atoms with E-state index in [2.05, 4.69) is 15.0 Å². The smallest absolute Gasteiger partial charge is 0.207 e. The fourth-order valence-electron chi connectivity index (χ4n) is 3.70. The van der Waals surface area contributed by atoms with E-state index >= 15 is 0 Å². The number of fused-ring (bicyclic) bond motifs is 3. The van der Waals surface area contributed by atoms with E-state index in [0.29, 0.717) is 5.62 Å². The topological polar surface area (TPSA) is 72.4 Å². The first-order valence-corrected chi connectivity index (χ1v) is 9.12. The van der Waals surface area contributed by atoms with Gasteiger partial charge in [0.1, 0.15) is 12.1 Å². The number of benzene rings is 2. The molecule has 0 atom stereocenters. The van der Waals surface area contributed by atoms with Gasteiger partial charge in [-0.2, -0.15) is 0 Å². The van der Waals surface area contributed by atoms with Crippen molar-refractivity contribution in [1.82, 2.24) is 24.1 Å². The summed E-state index contributed by atoms with van der Waals surface area (Å²) in [6.07, 6.45) is 4.98. The van der Waals surface area contributed by atoms with Gasteiger partial charge in [-0.1, -0.05) is 18.2 Å². The van der Waals surface area contributed by atoms with Gasteiger partial charge in [0.2, 0.25) is 5.62 Å². The minimum Gasteiger partial charge on any atom is -0.312 e. The summed E-state index contributed by atoms with van der Waals surface area (Å²) in [5.74, 6) is -0.279. The molecule has 6 nitrogen and oxygen atoms in total. The highest BCUT2D eigenvalue weighted by Crippen LogP contribution is 2.30. The van der Waals surface area contributed by atoms with Gasteiger partial charge in [-0.3, -0.25) is 15.0 Å². The Labute approximate surface area is 165 Å². The van der Waals surface area contributed by atoms with Gasteiger partial charge in [-0.05, 0) is 42.3 Å². The Hall–Kier alpha value is -3.87. The monoisotopic (exact) mass is 384 g/mol. The predicted octanol–water partition coefficient (Wildman–Crippen LogP) is 3.90. The van der Waals surface area contributed by atoms with Gasteiger partial charge in [-0.15, -0.1) is 0 Å². The second-order valence-corrected chi connectivity index (χ2v) is 6.95. The average Bonchev–Trinajstić information content (AvgIpc) is 2.99. The van der Waals surface area contributed by atoms with Crippen LogP contribution >= 0.6 is 0 Å². The van der Waals surface area contributed by atoms with Crippen molar-refractivity contribution in [2.24, 2.45) is 7.05 Å². The predicted molar refractivity (Wildman–Crippen MR) is 109 cm³/mol. The quantitative estimate of drug-likeness (QED) is 0.502. The van der Waals surface area contributed by atoms with E-state index in [-0.39, 0.29) is 5.82 Å². The molecule has 0 unspecified atom stereocenters. The first kappa shape index (κ1) is 17.2. The lowest BCUT2D eigenvalue weighted by atomic mass is 10.0. The van der Waals surface area contributed by atoms with Crippen LogP contribution in [0.4, 0.5) is 4.39 Å². The second-order valence-electron chi connectivity index (χ2n) is 6.95. The SMILES string of the molecule is Cc1ncncc1-n1c(=N)n(C)c2cnc3ccc(-c4cccc(F)c4)cc3c21. The lowest BCUT2D eigenvalue weighted by Gasteiger charge is -2.09. The van der Waals surface area contributed by atoms with Gasteiger partial charge in [0.05, 0.1) is 40.3 Å². The van der Waals surface area contributed by atoms with Crippen LogP contribution in [0.25, 0.3) is 38.8 Å². The third kappa shape index (κ3) is 2.62. The zero-order valence-electron chi connectivity index (χ0n) is 15.9. The van der Waals surface area contributed by atoms with E-state index in [9.17, 15) is 4.39 Å². The molecule has 0 aliphatic rings. The van der Waals surface area contributed by atoms with Gasteiger partial charge in [0.25, 0.3) is 0 Å². The van der Waals surface area contributed by atoms with E-state index < -0.39 is 0 Å². The molecule has 0 saturated carbocycles.